The van der Waals surface area contributed by atoms with E-state index >= 15 is 0 Å². The Hall–Kier alpha value is 0.516. The van der Waals surface area contributed by atoms with Crippen molar-refractivity contribution in [2.75, 3.05) is 52.4 Å². The van der Waals surface area contributed by atoms with E-state index in [4.69, 9.17) is 0 Å². The molecular weight excluding hydrogens is 304 g/mol. The van der Waals surface area contributed by atoms with Crippen LogP contribution in [-0.4, -0.2) is 82.2 Å². The first kappa shape index (κ1) is 20.5. The molecule has 0 spiro atoms. The van der Waals surface area contributed by atoms with Crippen LogP contribution < -0.4 is 0 Å². The summed E-state index contributed by atoms with van der Waals surface area (Å²) in [5, 5.41) is 0. The fourth-order valence-corrected chi connectivity index (χ4v) is 8.30. The van der Waals surface area contributed by atoms with Gasteiger partial charge in [0.25, 0.3) is 0 Å². The molecule has 4 heteroatoms. The molecule has 0 amide bonds. The molecule has 0 unspecified atom stereocenters. The van der Waals surface area contributed by atoms with Gasteiger partial charge in [0, 0.05) is 0 Å². The second-order valence-corrected chi connectivity index (χ2v) is 13.3. The van der Waals surface area contributed by atoms with Gasteiger partial charge in [0.2, 0.25) is 0 Å². The molecular formula is C16H38GaN3. The molecule has 0 N–H and O–H groups in total. The fourth-order valence-electron chi connectivity index (χ4n) is 2.90. The summed E-state index contributed by atoms with van der Waals surface area (Å²) in [6, 6.07) is 0. The van der Waals surface area contributed by atoms with Crippen LogP contribution in [0.5, 0.6) is 0 Å². The van der Waals surface area contributed by atoms with Crippen LogP contribution in [0.1, 0.15) is 41.5 Å². The van der Waals surface area contributed by atoms with Gasteiger partial charge in [-0.3, -0.25) is 0 Å². The zero-order valence-electron chi connectivity index (χ0n) is 15.0. The quantitative estimate of drug-likeness (QED) is 0.477. The number of likely N-dealkylation sites (N-methyl/N-ethyl adjacent to an activating group) is 2. The second-order valence-electron chi connectivity index (χ2n) is 5.56. The van der Waals surface area contributed by atoms with Gasteiger partial charge < -0.3 is 0 Å². The topological polar surface area (TPSA) is 9.72 Å². The standard InChI is InChI=1S/C12H28N3.2C2H5.Ga/c1-5-14(6-2)11-9-13-10-12-15(7-3)8-4;2*1-2;/h5-12H2,1-4H3;2*1H2,2H3;/q-1;;;+1. The van der Waals surface area contributed by atoms with Gasteiger partial charge in [0.05, 0.1) is 0 Å². The number of nitrogens with zero attached hydrogens (tertiary/aromatic N) is 3. The molecule has 0 fully saturated rings. The van der Waals surface area contributed by atoms with E-state index < -0.39 is 16.5 Å². The molecule has 3 nitrogen and oxygen atoms in total. The van der Waals surface area contributed by atoms with Crippen LogP contribution in [0.25, 0.3) is 0 Å². The Morgan fingerprint density at radius 3 is 1.15 bits per heavy atom. The van der Waals surface area contributed by atoms with Crippen molar-refractivity contribution in [3.63, 3.8) is 0 Å². The van der Waals surface area contributed by atoms with Crippen molar-refractivity contribution in [3.05, 3.63) is 0 Å². The van der Waals surface area contributed by atoms with Crippen molar-refractivity contribution in [1.82, 2.24) is 13.4 Å². The minimum absolute atomic E-state index is 1.19. The summed E-state index contributed by atoms with van der Waals surface area (Å²) in [5.41, 5.74) is 0. The Morgan fingerprint density at radius 1 is 0.550 bits per heavy atom. The predicted molar refractivity (Wildman–Crippen MR) is 93.9 cm³/mol. The first-order valence-corrected chi connectivity index (χ1v) is 13.4. The Balaban J connectivity index is 4.40. The molecule has 0 aromatic rings. The Bertz CT molecular complexity index is 186. The van der Waals surface area contributed by atoms with Crippen molar-refractivity contribution in [2.24, 2.45) is 0 Å². The third-order valence-corrected chi connectivity index (χ3v) is 11.9. The molecule has 0 aromatic heterocycles. The summed E-state index contributed by atoms with van der Waals surface area (Å²) in [7, 11) is 0. The van der Waals surface area contributed by atoms with Crippen molar-refractivity contribution in [2.45, 2.75) is 51.5 Å². The van der Waals surface area contributed by atoms with E-state index in [1.54, 1.807) is 0 Å². The van der Waals surface area contributed by atoms with Gasteiger partial charge >= 0.3 is 134 Å². The first-order chi connectivity index (χ1) is 9.66. The van der Waals surface area contributed by atoms with Crippen molar-refractivity contribution in [3.8, 4) is 0 Å². The molecule has 120 valence electrons. The van der Waals surface area contributed by atoms with Gasteiger partial charge in [-0.15, -0.1) is 0 Å². The van der Waals surface area contributed by atoms with Crippen LogP contribution in [0.2, 0.25) is 9.95 Å². The summed E-state index contributed by atoms with van der Waals surface area (Å²) in [6.45, 7) is 23.8. The zero-order valence-corrected chi connectivity index (χ0v) is 17.4. The average Bonchev–Trinajstić information content (AvgIpc) is 2.49. The summed E-state index contributed by atoms with van der Waals surface area (Å²) >= 11 is -1.19. The van der Waals surface area contributed by atoms with Crippen molar-refractivity contribution >= 4 is 16.5 Å². The third kappa shape index (κ3) is 8.08. The van der Waals surface area contributed by atoms with E-state index in [1.165, 1.54) is 62.3 Å². The maximum atomic E-state index is 2.91. The maximum absolute atomic E-state index is 2.91. The van der Waals surface area contributed by atoms with E-state index in [0.717, 1.165) is 0 Å². The summed E-state index contributed by atoms with van der Waals surface area (Å²) < 4.78 is 2.91. The molecule has 0 saturated heterocycles. The molecule has 0 bridgehead atoms. The Labute approximate surface area is 134 Å². The predicted octanol–water partition coefficient (Wildman–Crippen LogP) is 3.00. The minimum atomic E-state index is -1.19. The van der Waals surface area contributed by atoms with E-state index in [9.17, 15) is 0 Å². The molecule has 20 heavy (non-hydrogen) atoms. The van der Waals surface area contributed by atoms with Crippen LogP contribution in [0, 0.1) is 0 Å². The molecule has 0 aliphatic heterocycles. The molecule has 0 rings (SSSR count). The molecule has 0 aromatic carbocycles. The van der Waals surface area contributed by atoms with Crippen LogP contribution in [-0.2, 0) is 0 Å². The number of rotatable bonds is 13. The van der Waals surface area contributed by atoms with E-state index in [2.05, 4.69) is 54.9 Å². The SMILES string of the molecule is CCN(CC)CC[N](CCN(CC)CC)[Ga]([CH2]C)[CH2]C. The van der Waals surface area contributed by atoms with Crippen LogP contribution >= 0.6 is 0 Å². The van der Waals surface area contributed by atoms with Crippen LogP contribution in [0.3, 0.4) is 0 Å². The first-order valence-electron chi connectivity index (χ1n) is 8.85. The monoisotopic (exact) mass is 341 g/mol. The molecule has 0 aliphatic carbocycles. The Kier molecular flexibility index (Phi) is 13.5. The van der Waals surface area contributed by atoms with Crippen molar-refractivity contribution < 1.29 is 0 Å². The van der Waals surface area contributed by atoms with Gasteiger partial charge in [-0.05, 0) is 0 Å². The van der Waals surface area contributed by atoms with Crippen LogP contribution in [0.15, 0.2) is 0 Å². The van der Waals surface area contributed by atoms with Gasteiger partial charge in [-0.25, -0.2) is 0 Å². The van der Waals surface area contributed by atoms with Crippen LogP contribution in [0.4, 0.5) is 0 Å². The average molecular weight is 342 g/mol. The van der Waals surface area contributed by atoms with E-state index in [0.29, 0.717) is 0 Å². The molecule has 0 atom stereocenters. The van der Waals surface area contributed by atoms with Gasteiger partial charge in [0.1, 0.15) is 0 Å². The molecule has 0 saturated carbocycles. The molecule has 0 heterocycles. The van der Waals surface area contributed by atoms with Gasteiger partial charge in [-0.2, -0.15) is 0 Å². The van der Waals surface area contributed by atoms with Crippen molar-refractivity contribution in [1.29, 1.82) is 0 Å². The molecule has 0 radical (unpaired) electrons. The third-order valence-electron chi connectivity index (χ3n) is 4.65. The Morgan fingerprint density at radius 2 is 0.900 bits per heavy atom. The normalized spacial score (nSPS) is 11.8. The van der Waals surface area contributed by atoms with E-state index in [1.807, 2.05) is 0 Å². The fraction of sp³-hybridized carbons (Fsp3) is 1.00. The van der Waals surface area contributed by atoms with E-state index in [-0.39, 0.29) is 0 Å². The molecule has 0 aliphatic rings. The van der Waals surface area contributed by atoms with Gasteiger partial charge in [-0.1, -0.05) is 0 Å². The summed E-state index contributed by atoms with van der Waals surface area (Å²) in [6.07, 6.45) is 0. The summed E-state index contributed by atoms with van der Waals surface area (Å²) in [5.74, 6) is 0. The zero-order chi connectivity index (χ0) is 15.4. The number of hydrogen-bond donors (Lipinski definition) is 0. The van der Waals surface area contributed by atoms with Gasteiger partial charge in [0.15, 0.2) is 0 Å². The number of hydrogen-bond acceptors (Lipinski definition) is 3. The summed E-state index contributed by atoms with van der Waals surface area (Å²) in [4.78, 5) is 8.05. The second kappa shape index (κ2) is 13.2.